The van der Waals surface area contributed by atoms with E-state index in [2.05, 4.69) is 10.4 Å². The molecule has 3 rings (SSSR count). The Balaban J connectivity index is 1.86. The van der Waals surface area contributed by atoms with Gasteiger partial charge in [0.15, 0.2) is 5.75 Å². The maximum atomic E-state index is 13.1. The summed E-state index contributed by atoms with van der Waals surface area (Å²) >= 11 is 6.05. The first-order chi connectivity index (χ1) is 12.9. The minimum absolute atomic E-state index is 0.0153. The first kappa shape index (κ1) is 18.7. The number of ether oxygens (including phenoxy) is 1. The van der Waals surface area contributed by atoms with Crippen LogP contribution in [0.2, 0.25) is 5.02 Å². The number of para-hydroxylation sites is 1. The third-order valence-corrected chi connectivity index (χ3v) is 4.31. The Labute approximate surface area is 159 Å². The van der Waals surface area contributed by atoms with Gasteiger partial charge in [0.25, 0.3) is 5.91 Å². The summed E-state index contributed by atoms with van der Waals surface area (Å²) in [5.41, 5.74) is 6.36. The molecular formula is C18H16ClFN4O3. The van der Waals surface area contributed by atoms with Gasteiger partial charge in [-0.1, -0.05) is 17.7 Å². The van der Waals surface area contributed by atoms with Crippen LogP contribution in [0.25, 0.3) is 0 Å². The van der Waals surface area contributed by atoms with Crippen molar-refractivity contribution in [3.63, 3.8) is 0 Å². The van der Waals surface area contributed by atoms with Gasteiger partial charge in [0, 0.05) is 6.42 Å². The van der Waals surface area contributed by atoms with Gasteiger partial charge < -0.3 is 15.8 Å². The topological polar surface area (TPSA) is 97.0 Å². The van der Waals surface area contributed by atoms with Crippen LogP contribution in [-0.2, 0) is 9.59 Å². The van der Waals surface area contributed by atoms with Crippen LogP contribution in [0.1, 0.15) is 6.42 Å². The zero-order valence-electron chi connectivity index (χ0n) is 14.3. The number of carbonyl (C=O) groups is 2. The van der Waals surface area contributed by atoms with E-state index in [1.54, 1.807) is 18.2 Å². The van der Waals surface area contributed by atoms with Crippen LogP contribution in [0.3, 0.4) is 0 Å². The maximum absolute atomic E-state index is 13.1. The van der Waals surface area contributed by atoms with E-state index in [-0.39, 0.29) is 12.1 Å². The lowest BCUT2D eigenvalue weighted by molar-refractivity contribution is -0.119. The zero-order chi connectivity index (χ0) is 19.6. The van der Waals surface area contributed by atoms with Crippen LogP contribution in [-0.4, -0.2) is 30.7 Å². The fourth-order valence-corrected chi connectivity index (χ4v) is 2.96. The zero-order valence-corrected chi connectivity index (χ0v) is 15.0. The molecule has 7 nitrogen and oxygen atoms in total. The summed E-state index contributed by atoms with van der Waals surface area (Å²) in [7, 11) is 1.43. The molecule has 27 heavy (non-hydrogen) atoms. The summed E-state index contributed by atoms with van der Waals surface area (Å²) in [6.45, 7) is 0. The van der Waals surface area contributed by atoms with Gasteiger partial charge in [0.05, 0.1) is 23.5 Å². The summed E-state index contributed by atoms with van der Waals surface area (Å²) < 4.78 is 18.3. The number of hydrogen-bond acceptors (Lipinski definition) is 5. The van der Waals surface area contributed by atoms with E-state index in [0.717, 1.165) is 0 Å². The van der Waals surface area contributed by atoms with E-state index in [1.807, 2.05) is 0 Å². The molecule has 1 aliphatic rings. The molecule has 2 amide bonds. The van der Waals surface area contributed by atoms with E-state index >= 15 is 0 Å². The molecule has 0 spiro atoms. The number of anilines is 2. The van der Waals surface area contributed by atoms with Crippen molar-refractivity contribution in [1.29, 1.82) is 0 Å². The normalized spacial score (nSPS) is 16.0. The molecule has 0 aliphatic carbocycles. The van der Waals surface area contributed by atoms with Crippen molar-refractivity contribution in [2.24, 2.45) is 10.8 Å². The molecule has 2 aromatic carbocycles. The van der Waals surface area contributed by atoms with Crippen LogP contribution in [0, 0.1) is 5.82 Å². The first-order valence-corrected chi connectivity index (χ1v) is 8.34. The molecule has 2 aromatic rings. The lowest BCUT2D eigenvalue weighted by Crippen LogP contribution is -2.39. The lowest BCUT2D eigenvalue weighted by Gasteiger charge is -2.20. The molecule has 0 saturated heterocycles. The van der Waals surface area contributed by atoms with Gasteiger partial charge in [0.2, 0.25) is 5.91 Å². The number of hydrazone groups is 1. The number of rotatable bonds is 5. The number of hydrogen-bond donors (Lipinski definition) is 2. The molecule has 0 fully saturated rings. The number of methoxy groups -OCH3 is 1. The van der Waals surface area contributed by atoms with Gasteiger partial charge in [-0.3, -0.25) is 14.6 Å². The van der Waals surface area contributed by atoms with Gasteiger partial charge in [-0.25, -0.2) is 4.39 Å². The highest BCUT2D eigenvalue weighted by atomic mass is 35.5. The molecular weight excluding hydrogens is 375 g/mol. The highest BCUT2D eigenvalue weighted by molar-refractivity contribution is 6.44. The smallest absolute Gasteiger partial charge is 0.272 e. The summed E-state index contributed by atoms with van der Waals surface area (Å²) in [5.74, 6) is -1.28. The Morgan fingerprint density at radius 2 is 2.00 bits per heavy atom. The van der Waals surface area contributed by atoms with Crippen molar-refractivity contribution in [3.8, 4) is 5.75 Å². The Kier molecular flexibility index (Phi) is 5.27. The number of primary amides is 1. The highest BCUT2D eigenvalue weighted by Crippen LogP contribution is 2.33. The van der Waals surface area contributed by atoms with Crippen molar-refractivity contribution >= 4 is 40.5 Å². The van der Waals surface area contributed by atoms with Crippen LogP contribution < -0.4 is 20.8 Å². The maximum Gasteiger partial charge on any atom is 0.272 e. The largest absolute Gasteiger partial charge is 0.493 e. The number of carbonyl (C=O) groups excluding carboxylic acids is 2. The van der Waals surface area contributed by atoms with E-state index in [9.17, 15) is 14.0 Å². The summed E-state index contributed by atoms with van der Waals surface area (Å²) in [5, 5.41) is 8.52. The lowest BCUT2D eigenvalue weighted by atomic mass is 10.1. The second-order valence-electron chi connectivity index (χ2n) is 5.76. The second kappa shape index (κ2) is 7.63. The van der Waals surface area contributed by atoms with Crippen molar-refractivity contribution in [2.45, 2.75) is 12.5 Å². The molecule has 1 heterocycles. The monoisotopic (exact) mass is 390 g/mol. The summed E-state index contributed by atoms with van der Waals surface area (Å²) in [4.78, 5) is 24.4. The van der Waals surface area contributed by atoms with Gasteiger partial charge in [-0.15, -0.1) is 0 Å². The molecule has 0 saturated carbocycles. The highest BCUT2D eigenvalue weighted by Gasteiger charge is 2.35. The fraction of sp³-hybridized carbons (Fsp3) is 0.167. The Morgan fingerprint density at radius 1 is 1.30 bits per heavy atom. The van der Waals surface area contributed by atoms with Crippen molar-refractivity contribution in [2.75, 3.05) is 17.4 Å². The van der Waals surface area contributed by atoms with Gasteiger partial charge in [-0.2, -0.15) is 5.10 Å². The minimum Gasteiger partial charge on any atom is -0.493 e. The third kappa shape index (κ3) is 3.85. The van der Waals surface area contributed by atoms with Crippen LogP contribution >= 0.6 is 11.6 Å². The van der Waals surface area contributed by atoms with Gasteiger partial charge in [0.1, 0.15) is 17.6 Å². The van der Waals surface area contributed by atoms with E-state index in [1.165, 1.54) is 36.4 Å². The molecule has 1 unspecified atom stereocenters. The van der Waals surface area contributed by atoms with Gasteiger partial charge >= 0.3 is 0 Å². The summed E-state index contributed by atoms with van der Waals surface area (Å²) in [6.07, 6.45) is 0.0153. The molecule has 0 radical (unpaired) electrons. The Morgan fingerprint density at radius 3 is 2.63 bits per heavy atom. The van der Waals surface area contributed by atoms with Crippen molar-refractivity contribution in [1.82, 2.24) is 0 Å². The molecule has 0 bridgehead atoms. The van der Waals surface area contributed by atoms with E-state index in [4.69, 9.17) is 22.1 Å². The number of amides is 2. The van der Waals surface area contributed by atoms with Crippen molar-refractivity contribution < 1.29 is 18.7 Å². The molecule has 1 atom stereocenters. The number of nitrogens with one attached hydrogen (secondary N) is 1. The average molecular weight is 391 g/mol. The fourth-order valence-electron chi connectivity index (χ4n) is 2.71. The van der Waals surface area contributed by atoms with Crippen LogP contribution in [0.4, 0.5) is 15.8 Å². The molecule has 140 valence electrons. The number of halogens is 2. The molecule has 3 N–H and O–H groups in total. The summed E-state index contributed by atoms with van der Waals surface area (Å²) in [6, 6.07) is 9.44. The van der Waals surface area contributed by atoms with E-state index < -0.39 is 23.7 Å². The predicted molar refractivity (Wildman–Crippen MR) is 101 cm³/mol. The Hall–Kier alpha value is -3.13. The first-order valence-electron chi connectivity index (χ1n) is 7.96. The van der Waals surface area contributed by atoms with Crippen LogP contribution in [0.15, 0.2) is 47.6 Å². The predicted octanol–water partition coefficient (Wildman–Crippen LogP) is 2.55. The third-order valence-electron chi connectivity index (χ3n) is 4.01. The second-order valence-corrected chi connectivity index (χ2v) is 6.17. The number of nitrogens with zero attached hydrogens (tertiary/aromatic N) is 2. The van der Waals surface area contributed by atoms with Gasteiger partial charge in [-0.05, 0) is 36.4 Å². The molecule has 1 aliphatic heterocycles. The minimum atomic E-state index is -0.850. The number of nitrogens with two attached hydrogens (primary N) is 1. The molecule has 9 heteroatoms. The standard InChI is InChI=1S/C18H16ClFN4O3/c1-27-16-12(19)3-2-4-13(16)22-18(26)14-9-15(17(21)25)24(23-14)11-7-5-10(20)6-8-11/h2-8,15H,9H2,1H3,(H2,21,25)(H,22,26). The number of benzene rings is 2. The SMILES string of the molecule is COc1c(Cl)cccc1NC(=O)C1=NN(c2ccc(F)cc2)C(C(N)=O)C1. The quantitative estimate of drug-likeness (QED) is 0.819. The van der Waals surface area contributed by atoms with Crippen molar-refractivity contribution in [3.05, 3.63) is 53.3 Å². The average Bonchev–Trinajstić information content (AvgIpc) is 3.08. The Bertz CT molecular complexity index is 917. The van der Waals surface area contributed by atoms with Crippen LogP contribution in [0.5, 0.6) is 5.75 Å². The molecule has 0 aromatic heterocycles. The van der Waals surface area contributed by atoms with E-state index in [0.29, 0.717) is 22.1 Å².